The van der Waals surface area contributed by atoms with Crippen LogP contribution in [0.4, 0.5) is 20.2 Å². The average molecular weight is 422 g/mol. The van der Waals surface area contributed by atoms with Crippen LogP contribution in [0.2, 0.25) is 0 Å². The van der Waals surface area contributed by atoms with Crippen molar-refractivity contribution >= 4 is 23.3 Å². The molecule has 0 aromatic heterocycles. The van der Waals surface area contributed by atoms with Gasteiger partial charge < -0.3 is 19.1 Å². The molecular formula is C19H16F2N2O7. The molecule has 0 fully saturated rings. The number of alkyl halides is 2. The van der Waals surface area contributed by atoms with Gasteiger partial charge in [0.2, 0.25) is 0 Å². The molecule has 0 unspecified atom stereocenters. The van der Waals surface area contributed by atoms with Crippen LogP contribution in [0, 0.1) is 10.1 Å². The lowest BCUT2D eigenvalue weighted by molar-refractivity contribution is -0.385. The number of para-hydroxylation sites is 1. The summed E-state index contributed by atoms with van der Waals surface area (Å²) >= 11 is 0. The van der Waals surface area contributed by atoms with E-state index in [2.05, 4.69) is 4.74 Å². The van der Waals surface area contributed by atoms with Gasteiger partial charge in [-0.15, -0.1) is 0 Å². The molecule has 2 aromatic carbocycles. The molecule has 0 bridgehead atoms. The Balaban J connectivity index is 1.78. The third kappa shape index (κ3) is 4.29. The third-order valence-electron chi connectivity index (χ3n) is 4.43. The Hall–Kier alpha value is -3.76. The van der Waals surface area contributed by atoms with Gasteiger partial charge in [-0.25, -0.2) is 4.79 Å². The zero-order valence-electron chi connectivity index (χ0n) is 15.7. The molecule has 158 valence electrons. The molecule has 0 saturated heterocycles. The number of nitrogens with zero attached hydrogens (tertiary/aromatic N) is 2. The molecule has 1 aliphatic rings. The molecule has 0 aliphatic carbocycles. The molecule has 1 aliphatic heterocycles. The molecule has 1 heterocycles. The van der Waals surface area contributed by atoms with Crippen LogP contribution in [0.15, 0.2) is 36.4 Å². The van der Waals surface area contributed by atoms with E-state index in [0.717, 1.165) is 18.7 Å². The molecule has 0 radical (unpaired) electrons. The van der Waals surface area contributed by atoms with E-state index in [-0.39, 0.29) is 5.75 Å². The van der Waals surface area contributed by atoms with Crippen LogP contribution in [0.1, 0.15) is 15.9 Å². The summed E-state index contributed by atoms with van der Waals surface area (Å²) in [7, 11) is 1.11. The van der Waals surface area contributed by atoms with Gasteiger partial charge in [0.05, 0.1) is 18.1 Å². The van der Waals surface area contributed by atoms with Crippen molar-refractivity contribution in [3.63, 3.8) is 0 Å². The quantitative estimate of drug-likeness (QED) is 0.383. The Kier molecular flexibility index (Phi) is 6.09. The number of fused-ring (bicyclic) bond motifs is 1. The zero-order chi connectivity index (χ0) is 21.8. The summed E-state index contributed by atoms with van der Waals surface area (Å²) in [5.74, 6) is -2.61. The highest BCUT2D eigenvalue weighted by molar-refractivity contribution is 6.00. The van der Waals surface area contributed by atoms with Crippen LogP contribution < -0.4 is 14.4 Å². The molecule has 9 nitrogen and oxygen atoms in total. The van der Waals surface area contributed by atoms with Gasteiger partial charge in [0.15, 0.2) is 18.1 Å². The minimum Gasteiger partial charge on any atom is -0.493 e. The lowest BCUT2D eigenvalue weighted by atomic mass is 10.1. The van der Waals surface area contributed by atoms with Crippen LogP contribution in [0.25, 0.3) is 0 Å². The molecular weight excluding hydrogens is 406 g/mol. The maximum absolute atomic E-state index is 12.5. The Labute approximate surface area is 168 Å². The smallest absolute Gasteiger partial charge is 0.387 e. The Morgan fingerprint density at radius 3 is 2.63 bits per heavy atom. The third-order valence-corrected chi connectivity index (χ3v) is 4.43. The van der Waals surface area contributed by atoms with Gasteiger partial charge in [-0.2, -0.15) is 8.78 Å². The van der Waals surface area contributed by atoms with Crippen molar-refractivity contribution in [1.29, 1.82) is 0 Å². The minimum atomic E-state index is -3.25. The van der Waals surface area contributed by atoms with E-state index in [1.807, 2.05) is 12.1 Å². The fraction of sp³-hybridized carbons (Fsp3) is 0.263. The minimum absolute atomic E-state index is 0.326. The summed E-state index contributed by atoms with van der Waals surface area (Å²) in [6.07, 6.45) is 0.657. The average Bonchev–Trinajstić information content (AvgIpc) is 3.15. The standard InChI is InChI=1S/C19H16F2N2O7/c1-28-15-8-12(14(23(26)27)9-16(15)30-19(20)21)18(25)29-10-17(24)22-7-6-11-4-2-3-5-13(11)22/h2-5,8-9,19H,6-7,10H2,1H3. The second-order valence-electron chi connectivity index (χ2n) is 6.16. The van der Waals surface area contributed by atoms with E-state index in [4.69, 9.17) is 9.47 Å². The Morgan fingerprint density at radius 2 is 1.97 bits per heavy atom. The molecule has 11 heteroatoms. The van der Waals surface area contributed by atoms with Crippen molar-refractivity contribution in [1.82, 2.24) is 0 Å². The first-order chi connectivity index (χ1) is 14.3. The van der Waals surface area contributed by atoms with Crippen molar-refractivity contribution < 1.29 is 37.5 Å². The predicted molar refractivity (Wildman–Crippen MR) is 99.1 cm³/mol. The molecule has 3 rings (SSSR count). The van der Waals surface area contributed by atoms with Gasteiger partial charge in [0.25, 0.3) is 11.6 Å². The normalized spacial score (nSPS) is 12.5. The number of hydrogen-bond donors (Lipinski definition) is 0. The molecule has 0 N–H and O–H groups in total. The summed E-state index contributed by atoms with van der Waals surface area (Å²) in [4.78, 5) is 36.6. The number of nitro groups is 1. The van der Waals surface area contributed by atoms with Gasteiger partial charge in [0, 0.05) is 18.3 Å². The number of nitro benzene ring substituents is 1. The molecule has 0 atom stereocenters. The molecule has 0 spiro atoms. The lowest BCUT2D eigenvalue weighted by Crippen LogP contribution is -2.33. The second-order valence-corrected chi connectivity index (χ2v) is 6.16. The topological polar surface area (TPSA) is 108 Å². The highest BCUT2D eigenvalue weighted by Gasteiger charge is 2.29. The summed E-state index contributed by atoms with van der Waals surface area (Å²) in [6, 6.07) is 8.76. The van der Waals surface area contributed by atoms with Crippen molar-refractivity contribution in [2.24, 2.45) is 0 Å². The maximum atomic E-state index is 12.5. The van der Waals surface area contributed by atoms with Crippen LogP contribution in [0.3, 0.4) is 0 Å². The number of rotatable bonds is 7. The van der Waals surface area contributed by atoms with Crippen LogP contribution in [-0.2, 0) is 16.0 Å². The number of hydrogen-bond acceptors (Lipinski definition) is 7. The van der Waals surface area contributed by atoms with Crippen molar-refractivity contribution in [2.75, 3.05) is 25.2 Å². The number of methoxy groups -OCH3 is 1. The van der Waals surface area contributed by atoms with Gasteiger partial charge in [0.1, 0.15) is 5.56 Å². The predicted octanol–water partition coefficient (Wildman–Crippen LogP) is 2.95. The summed E-state index contributed by atoms with van der Waals surface area (Å²) in [6.45, 7) is -3.48. The fourth-order valence-electron chi connectivity index (χ4n) is 3.09. The number of halogens is 2. The Bertz CT molecular complexity index is 997. The highest BCUT2D eigenvalue weighted by atomic mass is 19.3. The van der Waals surface area contributed by atoms with Gasteiger partial charge in [-0.05, 0) is 18.1 Å². The van der Waals surface area contributed by atoms with E-state index in [1.165, 1.54) is 4.90 Å². The number of amides is 1. The van der Waals surface area contributed by atoms with E-state index in [0.29, 0.717) is 24.7 Å². The monoisotopic (exact) mass is 422 g/mol. The number of carbonyl (C=O) groups excluding carboxylic acids is 2. The van der Waals surface area contributed by atoms with E-state index < -0.39 is 47.0 Å². The van der Waals surface area contributed by atoms with Gasteiger partial charge in [-0.1, -0.05) is 18.2 Å². The van der Waals surface area contributed by atoms with Crippen molar-refractivity contribution in [3.05, 3.63) is 57.6 Å². The van der Waals surface area contributed by atoms with E-state index in [9.17, 15) is 28.5 Å². The van der Waals surface area contributed by atoms with Crippen molar-refractivity contribution in [2.45, 2.75) is 13.0 Å². The molecule has 1 amide bonds. The maximum Gasteiger partial charge on any atom is 0.387 e. The second kappa shape index (κ2) is 8.72. The van der Waals surface area contributed by atoms with E-state index >= 15 is 0 Å². The summed E-state index contributed by atoms with van der Waals surface area (Å²) < 4.78 is 39.0. The SMILES string of the molecule is COc1cc(C(=O)OCC(=O)N2CCc3ccccc32)c([N+](=O)[O-])cc1OC(F)F. The highest BCUT2D eigenvalue weighted by Crippen LogP contribution is 2.36. The first-order valence-corrected chi connectivity index (χ1v) is 8.68. The lowest BCUT2D eigenvalue weighted by Gasteiger charge is -2.17. The number of carbonyl (C=O) groups is 2. The number of benzene rings is 2. The molecule has 2 aromatic rings. The Morgan fingerprint density at radius 1 is 1.23 bits per heavy atom. The first kappa shape index (κ1) is 21.0. The van der Waals surface area contributed by atoms with Crippen LogP contribution in [0.5, 0.6) is 11.5 Å². The van der Waals surface area contributed by atoms with Crippen molar-refractivity contribution in [3.8, 4) is 11.5 Å². The first-order valence-electron chi connectivity index (χ1n) is 8.68. The zero-order valence-corrected chi connectivity index (χ0v) is 15.7. The molecule has 0 saturated carbocycles. The number of esters is 1. The largest absolute Gasteiger partial charge is 0.493 e. The van der Waals surface area contributed by atoms with E-state index in [1.54, 1.807) is 12.1 Å². The van der Waals surface area contributed by atoms with Crippen LogP contribution >= 0.6 is 0 Å². The van der Waals surface area contributed by atoms with Crippen LogP contribution in [-0.4, -0.2) is 43.7 Å². The summed E-state index contributed by atoms with van der Waals surface area (Å²) in [5, 5.41) is 11.3. The number of ether oxygens (including phenoxy) is 3. The van der Waals surface area contributed by atoms with Gasteiger partial charge >= 0.3 is 12.6 Å². The summed E-state index contributed by atoms with van der Waals surface area (Å²) in [5.41, 5.74) is 0.301. The molecule has 30 heavy (non-hydrogen) atoms. The van der Waals surface area contributed by atoms with Gasteiger partial charge in [-0.3, -0.25) is 14.9 Å². The fourth-order valence-corrected chi connectivity index (χ4v) is 3.09. The number of anilines is 1.